The van der Waals surface area contributed by atoms with Crippen LogP contribution < -0.4 is 9.47 Å². The molecule has 0 bridgehead atoms. The average molecular weight is 570 g/mol. The zero-order valence-corrected chi connectivity index (χ0v) is 22.4. The lowest BCUT2D eigenvalue weighted by atomic mass is 10.1. The third kappa shape index (κ3) is 6.20. The Kier molecular flexibility index (Phi) is 9.39. The molecule has 9 heteroatoms. The molecule has 1 N–H and O–H groups in total. The Morgan fingerprint density at radius 3 is 2.61 bits per heavy atom. The van der Waals surface area contributed by atoms with Gasteiger partial charge in [-0.1, -0.05) is 35.9 Å². The Hall–Kier alpha value is -3.48. The summed E-state index contributed by atoms with van der Waals surface area (Å²) in [5.74, 6) is 1.71. The third-order valence-corrected chi connectivity index (χ3v) is 6.49. The molecule has 3 rings (SSSR count). The molecule has 2 aromatic carbocycles. The number of hydrogen-bond donors (Lipinski definition) is 1. The fourth-order valence-electron chi connectivity index (χ4n) is 3.30. The Balaban J connectivity index is 2.06. The smallest absolute Gasteiger partial charge is 0.344 e. The van der Waals surface area contributed by atoms with Gasteiger partial charge in [0.25, 0.3) is 5.91 Å². The number of amides is 1. The van der Waals surface area contributed by atoms with Crippen LogP contribution in [0.4, 0.5) is 0 Å². The summed E-state index contributed by atoms with van der Waals surface area (Å²) in [7, 11) is 0. The first-order valence-corrected chi connectivity index (χ1v) is 12.6. The molecule has 1 heterocycles. The zero-order valence-electron chi connectivity index (χ0n) is 20.0. The van der Waals surface area contributed by atoms with Crippen molar-refractivity contribution in [2.45, 2.75) is 20.8 Å². The van der Waals surface area contributed by atoms with E-state index in [0.29, 0.717) is 38.6 Å². The van der Waals surface area contributed by atoms with E-state index in [-0.39, 0.29) is 29.6 Å². The second-order valence-corrected chi connectivity index (χ2v) is 9.23. The highest BCUT2D eigenvalue weighted by molar-refractivity contribution is 9.10. The molecule has 0 spiro atoms. The minimum Gasteiger partial charge on any atom is -0.506 e. The number of thioether (sulfide) groups is 1. The van der Waals surface area contributed by atoms with Gasteiger partial charge in [-0.05, 0) is 72.1 Å². The highest BCUT2D eigenvalue weighted by Gasteiger charge is 2.34. The van der Waals surface area contributed by atoms with Gasteiger partial charge in [-0.3, -0.25) is 4.79 Å². The van der Waals surface area contributed by atoms with Gasteiger partial charge in [-0.2, -0.15) is 0 Å². The SMILES string of the molecule is C#CCOc1c(Br)cc(/C=C2\SC(=NC(=O)c3ccccc3C)C(C(=O)OCC)=C2O)cc1OCC. The molecular weight excluding hydrogens is 546 g/mol. The van der Waals surface area contributed by atoms with Crippen LogP contribution in [0.15, 0.2) is 62.1 Å². The summed E-state index contributed by atoms with van der Waals surface area (Å²) in [4.78, 5) is 30.0. The van der Waals surface area contributed by atoms with Crippen LogP contribution in [0, 0.1) is 19.3 Å². The lowest BCUT2D eigenvalue weighted by molar-refractivity contribution is -0.138. The van der Waals surface area contributed by atoms with Crippen molar-refractivity contribution in [3.8, 4) is 23.8 Å². The molecule has 0 fully saturated rings. The molecule has 0 aromatic heterocycles. The molecule has 36 heavy (non-hydrogen) atoms. The van der Waals surface area contributed by atoms with Crippen molar-refractivity contribution < 1.29 is 28.9 Å². The van der Waals surface area contributed by atoms with E-state index in [9.17, 15) is 14.7 Å². The van der Waals surface area contributed by atoms with Gasteiger partial charge in [0.05, 0.1) is 22.6 Å². The number of terminal acetylenes is 1. The number of benzene rings is 2. The summed E-state index contributed by atoms with van der Waals surface area (Å²) < 4.78 is 17.0. The van der Waals surface area contributed by atoms with Gasteiger partial charge in [0.15, 0.2) is 11.5 Å². The molecule has 186 valence electrons. The van der Waals surface area contributed by atoms with Crippen LogP contribution in [0.5, 0.6) is 11.5 Å². The number of aliphatic hydroxyl groups is 1. The van der Waals surface area contributed by atoms with Crippen molar-refractivity contribution in [1.29, 1.82) is 0 Å². The van der Waals surface area contributed by atoms with Crippen LogP contribution >= 0.6 is 27.7 Å². The summed E-state index contributed by atoms with van der Waals surface area (Å²) in [6.07, 6.45) is 6.96. The standard InChI is InChI=1S/C27H24BrNO6S/c1-5-12-35-24-19(28)13-17(14-20(24)33-6-2)15-21-23(30)22(27(32)34-7-3)26(36-21)29-25(31)18-11-9-8-10-16(18)4/h1,8-11,13-15,30H,6-7,12H2,2-4H3/b21-15-,29-26?. The quantitative estimate of drug-likeness (QED) is 0.313. The van der Waals surface area contributed by atoms with E-state index in [1.54, 1.807) is 50.3 Å². The lowest BCUT2D eigenvalue weighted by Gasteiger charge is -2.13. The fourth-order valence-corrected chi connectivity index (χ4v) is 4.88. The number of aliphatic hydroxyl groups excluding tert-OH is 1. The molecule has 1 amide bonds. The first kappa shape index (κ1) is 27.1. The number of hydrogen-bond acceptors (Lipinski definition) is 7. The first-order valence-electron chi connectivity index (χ1n) is 11.0. The van der Waals surface area contributed by atoms with Crippen molar-refractivity contribution in [2.24, 2.45) is 4.99 Å². The number of esters is 1. The largest absolute Gasteiger partial charge is 0.506 e. The van der Waals surface area contributed by atoms with Crippen LogP contribution in [-0.2, 0) is 9.53 Å². The molecule has 2 aromatic rings. The van der Waals surface area contributed by atoms with Crippen LogP contribution in [-0.4, -0.2) is 41.8 Å². The van der Waals surface area contributed by atoms with E-state index in [2.05, 4.69) is 26.8 Å². The van der Waals surface area contributed by atoms with Gasteiger partial charge in [-0.25, -0.2) is 9.79 Å². The van der Waals surface area contributed by atoms with E-state index >= 15 is 0 Å². The second kappa shape index (κ2) is 12.5. The minimum absolute atomic E-state index is 0.0588. The molecule has 0 aliphatic carbocycles. The van der Waals surface area contributed by atoms with E-state index in [1.807, 2.05) is 13.0 Å². The number of carbonyl (C=O) groups excluding carboxylic acids is 2. The number of rotatable bonds is 8. The van der Waals surface area contributed by atoms with Gasteiger partial charge in [0, 0.05) is 5.56 Å². The van der Waals surface area contributed by atoms with Gasteiger partial charge in [-0.15, -0.1) is 6.42 Å². The Labute approximate surface area is 222 Å². The molecule has 0 unspecified atom stereocenters. The highest BCUT2D eigenvalue weighted by atomic mass is 79.9. The van der Waals surface area contributed by atoms with Crippen molar-refractivity contribution in [3.05, 3.63) is 73.8 Å². The van der Waals surface area contributed by atoms with Crippen LogP contribution in [0.2, 0.25) is 0 Å². The maximum Gasteiger partial charge on any atom is 0.344 e. The molecule has 0 saturated heterocycles. The number of halogens is 1. The summed E-state index contributed by atoms with van der Waals surface area (Å²) in [5, 5.41) is 11.0. The molecular formula is C27H24BrNO6S. The van der Waals surface area contributed by atoms with Crippen molar-refractivity contribution in [3.63, 3.8) is 0 Å². The van der Waals surface area contributed by atoms with E-state index in [1.165, 1.54) is 0 Å². The highest BCUT2D eigenvalue weighted by Crippen LogP contribution is 2.42. The summed E-state index contributed by atoms with van der Waals surface area (Å²) >= 11 is 4.47. The summed E-state index contributed by atoms with van der Waals surface area (Å²) in [5.41, 5.74) is 1.63. The predicted octanol–water partition coefficient (Wildman–Crippen LogP) is 5.87. The minimum atomic E-state index is -0.767. The Morgan fingerprint density at radius 2 is 1.94 bits per heavy atom. The Morgan fingerprint density at radius 1 is 1.19 bits per heavy atom. The lowest BCUT2D eigenvalue weighted by Crippen LogP contribution is -2.14. The average Bonchev–Trinajstić information content (AvgIpc) is 3.13. The maximum atomic E-state index is 12.9. The topological polar surface area (TPSA) is 94.4 Å². The third-order valence-electron chi connectivity index (χ3n) is 4.88. The fraction of sp³-hybridized carbons (Fsp3) is 0.222. The van der Waals surface area contributed by atoms with Gasteiger partial charge in [0.2, 0.25) is 0 Å². The van der Waals surface area contributed by atoms with E-state index < -0.39 is 11.9 Å². The number of nitrogens with zero attached hydrogens (tertiary/aromatic N) is 1. The molecule has 1 aliphatic heterocycles. The van der Waals surface area contributed by atoms with Gasteiger partial charge < -0.3 is 19.3 Å². The number of carbonyl (C=O) groups is 2. The molecule has 0 radical (unpaired) electrons. The van der Waals surface area contributed by atoms with Crippen molar-refractivity contribution in [1.82, 2.24) is 0 Å². The van der Waals surface area contributed by atoms with Gasteiger partial charge in [0.1, 0.15) is 23.0 Å². The summed E-state index contributed by atoms with van der Waals surface area (Å²) in [6.45, 7) is 5.85. The monoisotopic (exact) mass is 569 g/mol. The maximum absolute atomic E-state index is 12.9. The van der Waals surface area contributed by atoms with Crippen molar-refractivity contribution >= 4 is 50.7 Å². The van der Waals surface area contributed by atoms with E-state index in [4.69, 9.17) is 20.6 Å². The normalized spacial score (nSPS) is 15.2. The molecule has 1 aliphatic rings. The Bertz CT molecular complexity index is 1320. The second-order valence-electron chi connectivity index (χ2n) is 7.35. The van der Waals surface area contributed by atoms with Gasteiger partial charge >= 0.3 is 5.97 Å². The number of ether oxygens (including phenoxy) is 3. The number of aliphatic imine (C=N–C) groups is 1. The summed E-state index contributed by atoms with van der Waals surface area (Å²) in [6, 6.07) is 10.5. The van der Waals surface area contributed by atoms with Crippen LogP contribution in [0.25, 0.3) is 6.08 Å². The zero-order chi connectivity index (χ0) is 26.2. The first-order chi connectivity index (χ1) is 17.3. The molecule has 7 nitrogen and oxygen atoms in total. The number of aryl methyl sites for hydroxylation is 1. The van der Waals surface area contributed by atoms with Crippen LogP contribution in [0.3, 0.4) is 0 Å². The molecule has 0 atom stereocenters. The van der Waals surface area contributed by atoms with E-state index in [0.717, 1.165) is 17.3 Å². The van der Waals surface area contributed by atoms with Crippen LogP contribution in [0.1, 0.15) is 35.3 Å². The predicted molar refractivity (Wildman–Crippen MR) is 144 cm³/mol. The molecule has 0 saturated carbocycles. The van der Waals surface area contributed by atoms with Crippen molar-refractivity contribution in [2.75, 3.05) is 19.8 Å².